The van der Waals surface area contributed by atoms with Gasteiger partial charge in [-0.3, -0.25) is 13.9 Å². The number of ether oxygens (including phenoxy) is 2. The van der Waals surface area contributed by atoms with Gasteiger partial charge in [0.05, 0.1) is 24.8 Å². The number of hydrogen-bond donors (Lipinski definition) is 1. The van der Waals surface area contributed by atoms with Crippen LogP contribution in [0.5, 0.6) is 11.5 Å². The SMILES string of the molecule is CCCNC(=O)[C@H](C)N(Cc1cccc(OC)c1)C(=O)CN(c1ccccc1)S(=O)(=O)c1ccc(OC)cc1. The van der Waals surface area contributed by atoms with Crippen molar-refractivity contribution in [2.75, 3.05) is 31.6 Å². The van der Waals surface area contributed by atoms with Gasteiger partial charge in [0, 0.05) is 13.1 Å². The molecule has 3 aromatic carbocycles. The topological polar surface area (TPSA) is 105 Å². The standard InChI is InChI=1S/C29H35N3O6S/c1-5-18-30-29(34)22(2)31(20-23-10-9-13-26(19-23)38-4)28(33)21-32(24-11-7-6-8-12-24)39(35,36)27-16-14-25(37-3)15-17-27/h6-17,19,22H,5,18,20-21H2,1-4H3,(H,30,34)/t22-/m0/s1. The molecule has 0 heterocycles. The second-order valence-corrected chi connectivity index (χ2v) is 10.7. The Bertz CT molecular complexity index is 1350. The second kappa shape index (κ2) is 13.7. The Morgan fingerprint density at radius 1 is 0.897 bits per heavy atom. The summed E-state index contributed by atoms with van der Waals surface area (Å²) < 4.78 is 39.1. The minimum absolute atomic E-state index is 0.00744. The van der Waals surface area contributed by atoms with E-state index in [2.05, 4.69) is 5.32 Å². The lowest BCUT2D eigenvalue weighted by Crippen LogP contribution is -2.51. The van der Waals surface area contributed by atoms with E-state index in [1.54, 1.807) is 74.7 Å². The van der Waals surface area contributed by atoms with Gasteiger partial charge in [0.15, 0.2) is 0 Å². The first-order chi connectivity index (χ1) is 18.7. The number of sulfonamides is 1. The predicted molar refractivity (Wildman–Crippen MR) is 150 cm³/mol. The van der Waals surface area contributed by atoms with Crippen molar-refractivity contribution in [3.8, 4) is 11.5 Å². The number of benzene rings is 3. The van der Waals surface area contributed by atoms with E-state index in [1.165, 1.54) is 24.1 Å². The number of rotatable bonds is 13. The van der Waals surface area contributed by atoms with Gasteiger partial charge >= 0.3 is 0 Å². The van der Waals surface area contributed by atoms with E-state index >= 15 is 0 Å². The number of carbonyl (C=O) groups excluding carboxylic acids is 2. The molecule has 9 nitrogen and oxygen atoms in total. The average molecular weight is 554 g/mol. The largest absolute Gasteiger partial charge is 0.497 e. The molecule has 0 aliphatic carbocycles. The van der Waals surface area contributed by atoms with Crippen molar-refractivity contribution in [3.63, 3.8) is 0 Å². The Morgan fingerprint density at radius 2 is 1.56 bits per heavy atom. The predicted octanol–water partition coefficient (Wildman–Crippen LogP) is 3.84. The van der Waals surface area contributed by atoms with Crippen LogP contribution in [0.2, 0.25) is 0 Å². The van der Waals surface area contributed by atoms with Crippen molar-refractivity contribution in [2.24, 2.45) is 0 Å². The summed E-state index contributed by atoms with van der Waals surface area (Å²) in [6, 6.07) is 20.7. The lowest BCUT2D eigenvalue weighted by atomic mass is 10.1. The molecule has 1 atom stereocenters. The number of nitrogens with one attached hydrogen (secondary N) is 1. The summed E-state index contributed by atoms with van der Waals surface area (Å²) in [5.41, 5.74) is 1.06. The van der Waals surface area contributed by atoms with Gasteiger partial charge in [-0.2, -0.15) is 0 Å². The molecule has 0 fully saturated rings. The smallest absolute Gasteiger partial charge is 0.264 e. The number of nitrogens with zero attached hydrogens (tertiary/aromatic N) is 2. The van der Waals surface area contributed by atoms with Gasteiger partial charge in [-0.15, -0.1) is 0 Å². The van der Waals surface area contributed by atoms with Gasteiger partial charge in [0.2, 0.25) is 11.8 Å². The van der Waals surface area contributed by atoms with Crippen LogP contribution >= 0.6 is 0 Å². The highest BCUT2D eigenvalue weighted by Gasteiger charge is 2.32. The van der Waals surface area contributed by atoms with E-state index in [0.717, 1.165) is 16.3 Å². The van der Waals surface area contributed by atoms with Crippen LogP contribution in [0.4, 0.5) is 5.69 Å². The number of para-hydroxylation sites is 1. The third kappa shape index (κ3) is 7.51. The third-order valence-electron chi connectivity index (χ3n) is 6.17. The molecule has 0 saturated carbocycles. The monoisotopic (exact) mass is 553 g/mol. The Labute approximate surface area is 230 Å². The minimum Gasteiger partial charge on any atom is -0.497 e. The Morgan fingerprint density at radius 3 is 2.18 bits per heavy atom. The van der Waals surface area contributed by atoms with Crippen LogP contribution < -0.4 is 19.1 Å². The van der Waals surface area contributed by atoms with Gasteiger partial charge < -0.3 is 19.7 Å². The summed E-state index contributed by atoms with van der Waals surface area (Å²) in [5, 5.41) is 2.83. The lowest BCUT2D eigenvalue weighted by Gasteiger charge is -2.32. The number of anilines is 1. The zero-order valence-electron chi connectivity index (χ0n) is 22.7. The molecule has 1 N–H and O–H groups in total. The number of carbonyl (C=O) groups is 2. The summed E-state index contributed by atoms with van der Waals surface area (Å²) in [4.78, 5) is 28.2. The summed E-state index contributed by atoms with van der Waals surface area (Å²) >= 11 is 0. The van der Waals surface area contributed by atoms with Gasteiger partial charge in [-0.1, -0.05) is 37.3 Å². The first kappa shape index (κ1) is 29.5. The zero-order chi connectivity index (χ0) is 28.4. The fraction of sp³-hybridized carbons (Fsp3) is 0.310. The first-order valence-electron chi connectivity index (χ1n) is 12.6. The Kier molecular flexibility index (Phi) is 10.3. The quantitative estimate of drug-likeness (QED) is 0.345. The average Bonchev–Trinajstić information content (AvgIpc) is 2.97. The summed E-state index contributed by atoms with van der Waals surface area (Å²) in [5.74, 6) is 0.263. The van der Waals surface area contributed by atoms with E-state index in [9.17, 15) is 18.0 Å². The van der Waals surface area contributed by atoms with Crippen molar-refractivity contribution in [3.05, 3.63) is 84.4 Å². The molecule has 0 aliphatic rings. The molecule has 0 spiro atoms. The van der Waals surface area contributed by atoms with Crippen LogP contribution in [0, 0.1) is 0 Å². The summed E-state index contributed by atoms with van der Waals surface area (Å²) in [7, 11) is -1.10. The maximum absolute atomic E-state index is 13.9. The maximum atomic E-state index is 13.9. The summed E-state index contributed by atoms with van der Waals surface area (Å²) in [6.45, 7) is 3.61. The van der Waals surface area contributed by atoms with E-state index in [-0.39, 0.29) is 17.3 Å². The molecule has 0 aromatic heterocycles. The van der Waals surface area contributed by atoms with Crippen molar-refractivity contribution in [1.29, 1.82) is 0 Å². The van der Waals surface area contributed by atoms with Gasteiger partial charge in [0.25, 0.3) is 10.0 Å². The number of methoxy groups -OCH3 is 2. The molecular formula is C29H35N3O6S. The van der Waals surface area contributed by atoms with Gasteiger partial charge in [-0.25, -0.2) is 8.42 Å². The fourth-order valence-corrected chi connectivity index (χ4v) is 5.36. The van der Waals surface area contributed by atoms with Crippen LogP contribution in [0.1, 0.15) is 25.8 Å². The van der Waals surface area contributed by atoms with E-state index in [1.807, 2.05) is 13.0 Å². The highest BCUT2D eigenvalue weighted by atomic mass is 32.2. The molecule has 3 aromatic rings. The van der Waals surface area contributed by atoms with E-state index in [4.69, 9.17) is 9.47 Å². The molecule has 2 amide bonds. The zero-order valence-corrected chi connectivity index (χ0v) is 23.5. The summed E-state index contributed by atoms with van der Waals surface area (Å²) in [6.07, 6.45) is 0.740. The molecule has 208 valence electrons. The van der Waals surface area contributed by atoms with Crippen LogP contribution in [-0.4, -0.2) is 58.5 Å². The van der Waals surface area contributed by atoms with Gasteiger partial charge in [0.1, 0.15) is 24.1 Å². The molecular weight excluding hydrogens is 518 g/mol. The molecule has 0 unspecified atom stereocenters. The lowest BCUT2D eigenvalue weighted by molar-refractivity contribution is -0.139. The van der Waals surface area contributed by atoms with Gasteiger partial charge in [-0.05, 0) is 67.4 Å². The molecule has 39 heavy (non-hydrogen) atoms. The van der Waals surface area contributed by atoms with Crippen LogP contribution in [0.3, 0.4) is 0 Å². The van der Waals surface area contributed by atoms with Crippen LogP contribution in [-0.2, 0) is 26.2 Å². The normalized spacial score (nSPS) is 11.8. The van der Waals surface area contributed by atoms with Crippen LogP contribution in [0.25, 0.3) is 0 Å². The van der Waals surface area contributed by atoms with Crippen molar-refractivity contribution >= 4 is 27.5 Å². The highest BCUT2D eigenvalue weighted by Crippen LogP contribution is 2.26. The molecule has 3 rings (SSSR count). The van der Waals surface area contributed by atoms with Crippen molar-refractivity contribution in [2.45, 2.75) is 37.8 Å². The second-order valence-electron chi connectivity index (χ2n) is 8.86. The first-order valence-corrected chi connectivity index (χ1v) is 14.1. The molecule has 0 bridgehead atoms. The van der Waals surface area contributed by atoms with Crippen LogP contribution in [0.15, 0.2) is 83.8 Å². The Hall–Kier alpha value is -4.05. The van der Waals surface area contributed by atoms with Crippen molar-refractivity contribution in [1.82, 2.24) is 10.2 Å². The molecule has 0 aliphatic heterocycles. The fourth-order valence-electron chi connectivity index (χ4n) is 3.94. The molecule has 10 heteroatoms. The maximum Gasteiger partial charge on any atom is 0.264 e. The van der Waals surface area contributed by atoms with E-state index in [0.29, 0.717) is 23.7 Å². The van der Waals surface area contributed by atoms with Crippen molar-refractivity contribution < 1.29 is 27.5 Å². The minimum atomic E-state index is -4.14. The van der Waals surface area contributed by atoms with E-state index < -0.39 is 28.5 Å². The number of amides is 2. The molecule has 0 radical (unpaired) electrons. The third-order valence-corrected chi connectivity index (χ3v) is 7.96. The molecule has 0 saturated heterocycles. The Balaban J connectivity index is 1.99. The highest BCUT2D eigenvalue weighted by molar-refractivity contribution is 7.92. The number of hydrogen-bond acceptors (Lipinski definition) is 6.